The molecule has 0 aromatic heterocycles. The molecule has 0 saturated carbocycles. The quantitative estimate of drug-likeness (QED) is 0.798. The van der Waals surface area contributed by atoms with Gasteiger partial charge in [-0.15, -0.1) is 0 Å². The van der Waals surface area contributed by atoms with E-state index in [1.165, 1.54) is 0 Å². The summed E-state index contributed by atoms with van der Waals surface area (Å²) in [6, 6.07) is 5.72. The fourth-order valence-electron chi connectivity index (χ4n) is 1.64. The van der Waals surface area contributed by atoms with Crippen molar-refractivity contribution in [3.8, 4) is 5.75 Å². The number of anilines is 1. The van der Waals surface area contributed by atoms with Crippen molar-refractivity contribution in [2.45, 2.75) is 20.3 Å². The molecule has 4 nitrogen and oxygen atoms in total. The molecule has 1 aromatic carbocycles. The first kappa shape index (κ1) is 13.4. The van der Waals surface area contributed by atoms with Crippen molar-refractivity contribution in [1.29, 1.82) is 0 Å². The van der Waals surface area contributed by atoms with Crippen molar-refractivity contribution in [2.75, 3.05) is 19.0 Å². The molecule has 2 N–H and O–H groups in total. The zero-order chi connectivity index (χ0) is 12.8. The minimum atomic E-state index is -0.759. The van der Waals surface area contributed by atoms with Gasteiger partial charge in [-0.05, 0) is 37.1 Å². The number of aryl methyl sites for hydroxylation is 1. The number of methoxy groups -OCH3 is 1. The van der Waals surface area contributed by atoms with E-state index in [9.17, 15) is 4.79 Å². The molecule has 0 spiro atoms. The number of hydrogen-bond donors (Lipinski definition) is 2. The first-order valence-electron chi connectivity index (χ1n) is 5.69. The molecule has 0 aliphatic carbocycles. The van der Waals surface area contributed by atoms with Crippen molar-refractivity contribution in [3.63, 3.8) is 0 Å². The maximum absolute atomic E-state index is 10.9. The van der Waals surface area contributed by atoms with Crippen molar-refractivity contribution in [1.82, 2.24) is 0 Å². The summed E-state index contributed by atoms with van der Waals surface area (Å²) in [5.41, 5.74) is 1.95. The van der Waals surface area contributed by atoms with E-state index in [1.54, 1.807) is 7.11 Å². The molecule has 0 bridgehead atoms. The maximum atomic E-state index is 10.9. The molecule has 0 saturated heterocycles. The first-order chi connectivity index (χ1) is 8.08. The van der Waals surface area contributed by atoms with Crippen LogP contribution in [0.25, 0.3) is 0 Å². The van der Waals surface area contributed by atoms with Gasteiger partial charge < -0.3 is 15.2 Å². The molecular formula is C13H19NO3. The molecule has 94 valence electrons. The van der Waals surface area contributed by atoms with Crippen molar-refractivity contribution >= 4 is 11.7 Å². The lowest BCUT2D eigenvalue weighted by molar-refractivity contribution is -0.141. The normalized spacial score (nSPS) is 11.9. The second-order valence-corrected chi connectivity index (χ2v) is 4.01. The van der Waals surface area contributed by atoms with Gasteiger partial charge >= 0.3 is 5.97 Å². The largest absolute Gasteiger partial charge is 0.496 e. The molecule has 17 heavy (non-hydrogen) atoms. The van der Waals surface area contributed by atoms with Gasteiger partial charge in [0, 0.05) is 12.2 Å². The lowest BCUT2D eigenvalue weighted by atomic mass is 10.1. The van der Waals surface area contributed by atoms with Gasteiger partial charge in [0.25, 0.3) is 0 Å². The summed E-state index contributed by atoms with van der Waals surface area (Å²) in [6.45, 7) is 4.27. The lowest BCUT2D eigenvalue weighted by Gasteiger charge is -2.13. The van der Waals surface area contributed by atoms with Gasteiger partial charge in [-0.3, -0.25) is 4.79 Å². The Morgan fingerprint density at radius 3 is 2.71 bits per heavy atom. The standard InChI is InChI=1S/C13H19NO3/c1-4-10(13(15)16)8-14-11-5-6-12(17-3)9(2)7-11/h5-7,10,14H,4,8H2,1-3H3,(H,15,16). The third-order valence-electron chi connectivity index (χ3n) is 2.79. The highest BCUT2D eigenvalue weighted by Crippen LogP contribution is 2.21. The Morgan fingerprint density at radius 1 is 1.53 bits per heavy atom. The van der Waals surface area contributed by atoms with Crippen LogP contribution in [0.3, 0.4) is 0 Å². The number of benzene rings is 1. The van der Waals surface area contributed by atoms with E-state index < -0.39 is 5.97 Å². The third-order valence-corrected chi connectivity index (χ3v) is 2.79. The second-order valence-electron chi connectivity index (χ2n) is 4.01. The van der Waals surface area contributed by atoms with Gasteiger partial charge in [0.1, 0.15) is 5.75 Å². The monoisotopic (exact) mass is 237 g/mol. The van der Waals surface area contributed by atoms with Gasteiger partial charge in [0.15, 0.2) is 0 Å². The van der Waals surface area contributed by atoms with Crippen molar-refractivity contribution in [3.05, 3.63) is 23.8 Å². The van der Waals surface area contributed by atoms with Crippen LogP contribution in [0.5, 0.6) is 5.75 Å². The minimum absolute atomic E-state index is 0.350. The smallest absolute Gasteiger partial charge is 0.308 e. The average Bonchev–Trinajstić information content (AvgIpc) is 2.29. The minimum Gasteiger partial charge on any atom is -0.496 e. The van der Waals surface area contributed by atoms with Crippen LogP contribution in [-0.4, -0.2) is 24.7 Å². The van der Waals surface area contributed by atoms with Gasteiger partial charge in [0.2, 0.25) is 0 Å². The highest BCUT2D eigenvalue weighted by atomic mass is 16.5. The van der Waals surface area contributed by atoms with Crippen LogP contribution < -0.4 is 10.1 Å². The van der Waals surface area contributed by atoms with Gasteiger partial charge in [-0.2, -0.15) is 0 Å². The van der Waals surface area contributed by atoms with E-state index in [2.05, 4.69) is 5.32 Å². The molecule has 1 rings (SSSR count). The molecule has 4 heteroatoms. The summed E-state index contributed by atoms with van der Waals surface area (Å²) in [5.74, 6) is -0.275. The van der Waals surface area contributed by atoms with Crippen LogP contribution in [0.15, 0.2) is 18.2 Å². The zero-order valence-corrected chi connectivity index (χ0v) is 10.5. The molecule has 0 heterocycles. The number of carboxylic acid groups (broad SMARTS) is 1. The molecule has 1 unspecified atom stereocenters. The SMILES string of the molecule is CCC(CNc1ccc(OC)c(C)c1)C(=O)O. The van der Waals surface area contributed by atoms with Crippen LogP contribution in [0.2, 0.25) is 0 Å². The van der Waals surface area contributed by atoms with Crippen molar-refractivity contribution in [2.24, 2.45) is 5.92 Å². The van der Waals surface area contributed by atoms with Crippen LogP contribution in [0.4, 0.5) is 5.69 Å². The lowest BCUT2D eigenvalue weighted by Crippen LogP contribution is -2.22. The van der Waals surface area contributed by atoms with E-state index in [1.807, 2.05) is 32.0 Å². The first-order valence-corrected chi connectivity index (χ1v) is 5.69. The van der Waals surface area contributed by atoms with Crippen LogP contribution in [0.1, 0.15) is 18.9 Å². The number of nitrogens with one attached hydrogen (secondary N) is 1. The predicted octanol–water partition coefficient (Wildman–Crippen LogP) is 2.53. The Morgan fingerprint density at radius 2 is 2.24 bits per heavy atom. The maximum Gasteiger partial charge on any atom is 0.308 e. The Hall–Kier alpha value is -1.71. The predicted molar refractivity (Wildman–Crippen MR) is 67.6 cm³/mol. The van der Waals surface area contributed by atoms with E-state index in [4.69, 9.17) is 9.84 Å². The third kappa shape index (κ3) is 3.66. The number of carbonyl (C=O) groups is 1. The number of carboxylic acids is 1. The molecule has 0 amide bonds. The Labute approximate surface area is 102 Å². The topological polar surface area (TPSA) is 58.6 Å². The fraction of sp³-hybridized carbons (Fsp3) is 0.462. The van der Waals surface area contributed by atoms with E-state index >= 15 is 0 Å². The molecule has 0 fully saturated rings. The molecule has 1 aromatic rings. The molecule has 0 aliphatic heterocycles. The number of aliphatic carboxylic acids is 1. The van der Waals surface area contributed by atoms with E-state index in [0.29, 0.717) is 13.0 Å². The number of hydrogen-bond acceptors (Lipinski definition) is 3. The summed E-state index contributed by atoms with van der Waals surface area (Å²) in [4.78, 5) is 10.9. The molecular weight excluding hydrogens is 218 g/mol. The summed E-state index contributed by atoms with van der Waals surface area (Å²) in [6.07, 6.45) is 0.622. The summed E-state index contributed by atoms with van der Waals surface area (Å²) in [7, 11) is 1.63. The summed E-state index contributed by atoms with van der Waals surface area (Å²) < 4.78 is 5.16. The van der Waals surface area contributed by atoms with Crippen LogP contribution >= 0.6 is 0 Å². The van der Waals surface area contributed by atoms with Crippen LogP contribution in [-0.2, 0) is 4.79 Å². The fourth-order valence-corrected chi connectivity index (χ4v) is 1.64. The second kappa shape index (κ2) is 6.13. The zero-order valence-electron chi connectivity index (χ0n) is 10.5. The molecule has 1 atom stereocenters. The molecule has 0 radical (unpaired) electrons. The van der Waals surface area contributed by atoms with Gasteiger partial charge in [0.05, 0.1) is 13.0 Å². The van der Waals surface area contributed by atoms with Crippen LogP contribution in [0, 0.1) is 12.8 Å². The Kier molecular flexibility index (Phi) is 4.82. The highest BCUT2D eigenvalue weighted by Gasteiger charge is 2.14. The molecule has 0 aliphatic rings. The average molecular weight is 237 g/mol. The Balaban J connectivity index is 2.63. The highest BCUT2D eigenvalue weighted by molar-refractivity contribution is 5.70. The summed E-state index contributed by atoms with van der Waals surface area (Å²) in [5, 5.41) is 12.1. The van der Waals surface area contributed by atoms with Gasteiger partial charge in [-0.25, -0.2) is 0 Å². The summed E-state index contributed by atoms with van der Waals surface area (Å²) >= 11 is 0. The Bertz CT molecular complexity index is 390. The van der Waals surface area contributed by atoms with Crippen molar-refractivity contribution < 1.29 is 14.6 Å². The van der Waals surface area contributed by atoms with Gasteiger partial charge in [-0.1, -0.05) is 6.92 Å². The number of ether oxygens (including phenoxy) is 1. The van der Waals surface area contributed by atoms with E-state index in [-0.39, 0.29) is 5.92 Å². The number of rotatable bonds is 6. The van der Waals surface area contributed by atoms with E-state index in [0.717, 1.165) is 17.0 Å².